The Morgan fingerprint density at radius 3 is 2.38 bits per heavy atom. The smallest absolute Gasteiger partial charge is 0.225 e. The average Bonchev–Trinajstić information content (AvgIpc) is 1.95. The van der Waals surface area contributed by atoms with Gasteiger partial charge in [0.25, 0.3) is 0 Å². The molecule has 0 aliphatic heterocycles. The van der Waals surface area contributed by atoms with E-state index in [0.29, 0.717) is 8.04 Å². The molecule has 3 nitrogen and oxygen atoms in total. The Morgan fingerprint density at radius 2 is 2.00 bits per heavy atom. The summed E-state index contributed by atoms with van der Waals surface area (Å²) in [7, 11) is -3.64. The number of rotatable bonds is 1. The van der Waals surface area contributed by atoms with Gasteiger partial charge in [-0.25, -0.2) is 13.6 Å². The molecule has 2 N–H and O–H groups in total. The highest BCUT2D eigenvalue weighted by atomic mass is 127. The van der Waals surface area contributed by atoms with Crippen LogP contribution in [0, 0.1) is 10.5 Å². The predicted octanol–water partition coefficient (Wildman–Crippen LogP) is 2.01. The van der Waals surface area contributed by atoms with Crippen molar-refractivity contribution in [2.75, 3.05) is 0 Å². The van der Waals surface area contributed by atoms with E-state index in [9.17, 15) is 8.42 Å². The third-order valence-corrected chi connectivity index (χ3v) is 5.07. The summed E-state index contributed by atoms with van der Waals surface area (Å²) < 4.78 is 23.5. The molecule has 0 amide bonds. The number of aryl methyl sites for hydroxylation is 1. The van der Waals surface area contributed by atoms with Crippen molar-refractivity contribution in [2.24, 2.45) is 5.14 Å². The molecule has 13 heavy (non-hydrogen) atoms. The van der Waals surface area contributed by atoms with Crippen LogP contribution in [0.15, 0.2) is 21.5 Å². The number of benzene rings is 1. The summed E-state index contributed by atoms with van der Waals surface area (Å²) in [4.78, 5) is 0.160. The highest BCUT2D eigenvalue weighted by Gasteiger charge is 2.17. The van der Waals surface area contributed by atoms with Crippen LogP contribution in [0.4, 0.5) is 0 Å². The molecule has 0 spiro atoms. The molecule has 0 aromatic heterocycles. The first-order valence-corrected chi connectivity index (χ1v) is 6.73. The summed E-state index contributed by atoms with van der Waals surface area (Å²) in [6.45, 7) is 1.81. The second-order valence-corrected chi connectivity index (χ2v) is 6.01. The molecule has 0 fully saturated rings. The maximum absolute atomic E-state index is 11.2. The van der Waals surface area contributed by atoms with Crippen LogP contribution in [0.1, 0.15) is 5.56 Å². The van der Waals surface area contributed by atoms with E-state index < -0.39 is 10.0 Å². The van der Waals surface area contributed by atoms with E-state index in [1.54, 1.807) is 6.07 Å². The molecule has 6 heteroatoms. The first kappa shape index (κ1) is 11.4. The summed E-state index contributed by atoms with van der Waals surface area (Å²) >= 11 is 5.14. The lowest BCUT2D eigenvalue weighted by Gasteiger charge is -2.06. The number of hydrogen-bond donors (Lipinski definition) is 1. The number of primary sulfonamides is 1. The Hall–Kier alpha value is 0.340. The molecule has 0 saturated heterocycles. The van der Waals surface area contributed by atoms with Crippen LogP contribution in [0.5, 0.6) is 0 Å². The van der Waals surface area contributed by atoms with Gasteiger partial charge in [0.1, 0.15) is 4.90 Å². The minimum absolute atomic E-state index is 0.160. The fourth-order valence-corrected chi connectivity index (χ4v) is 4.41. The van der Waals surface area contributed by atoms with Crippen LogP contribution >= 0.6 is 38.5 Å². The van der Waals surface area contributed by atoms with Crippen molar-refractivity contribution in [1.82, 2.24) is 0 Å². The highest BCUT2D eigenvalue weighted by molar-refractivity contribution is 14.1. The van der Waals surface area contributed by atoms with Gasteiger partial charge in [-0.05, 0) is 57.1 Å². The molecule has 1 aromatic rings. The van der Waals surface area contributed by atoms with Crippen LogP contribution in [-0.2, 0) is 10.0 Å². The summed E-state index contributed by atoms with van der Waals surface area (Å²) in [5.41, 5.74) is 0.851. The molecular formula is C7H7BrINO2S. The van der Waals surface area contributed by atoms with E-state index in [1.165, 1.54) is 0 Å². The quantitative estimate of drug-likeness (QED) is 0.763. The molecule has 1 rings (SSSR count). The van der Waals surface area contributed by atoms with Crippen molar-refractivity contribution < 1.29 is 8.42 Å². The van der Waals surface area contributed by atoms with Gasteiger partial charge in [0.05, 0.1) is 0 Å². The Morgan fingerprint density at radius 1 is 1.46 bits per heavy atom. The molecule has 0 aliphatic carbocycles. The van der Waals surface area contributed by atoms with Gasteiger partial charge in [0, 0.05) is 8.04 Å². The second-order valence-electron chi connectivity index (χ2n) is 2.55. The van der Waals surface area contributed by atoms with Crippen LogP contribution < -0.4 is 5.14 Å². The fourth-order valence-electron chi connectivity index (χ4n) is 0.892. The molecule has 72 valence electrons. The molecule has 0 heterocycles. The zero-order valence-electron chi connectivity index (χ0n) is 6.71. The number of hydrogen-bond acceptors (Lipinski definition) is 2. The van der Waals surface area contributed by atoms with E-state index >= 15 is 0 Å². The van der Waals surface area contributed by atoms with E-state index in [1.807, 2.05) is 35.6 Å². The summed E-state index contributed by atoms with van der Waals surface area (Å²) in [5.74, 6) is 0. The number of halogens is 2. The SMILES string of the molecule is Cc1ccc(I)c(S(N)(=O)=O)c1Br. The zero-order chi connectivity index (χ0) is 10.2. The van der Waals surface area contributed by atoms with Gasteiger partial charge in [-0.2, -0.15) is 0 Å². The predicted molar refractivity (Wildman–Crippen MR) is 63.0 cm³/mol. The maximum atomic E-state index is 11.2. The molecule has 0 aliphatic rings. The lowest BCUT2D eigenvalue weighted by Crippen LogP contribution is -2.14. The van der Waals surface area contributed by atoms with E-state index in [2.05, 4.69) is 15.9 Å². The first-order chi connectivity index (χ1) is 5.84. The average molecular weight is 376 g/mol. The number of nitrogens with two attached hydrogens (primary N) is 1. The summed E-state index contributed by atoms with van der Waals surface area (Å²) in [6, 6.07) is 3.56. The van der Waals surface area contributed by atoms with Crippen LogP contribution in [0.25, 0.3) is 0 Å². The van der Waals surface area contributed by atoms with Crippen molar-refractivity contribution in [3.8, 4) is 0 Å². The normalized spacial score (nSPS) is 11.7. The minimum atomic E-state index is -3.64. The summed E-state index contributed by atoms with van der Waals surface area (Å²) in [6.07, 6.45) is 0. The maximum Gasteiger partial charge on any atom is 0.240 e. The van der Waals surface area contributed by atoms with Gasteiger partial charge >= 0.3 is 0 Å². The van der Waals surface area contributed by atoms with E-state index in [0.717, 1.165) is 5.56 Å². The topological polar surface area (TPSA) is 60.2 Å². The van der Waals surface area contributed by atoms with E-state index in [4.69, 9.17) is 5.14 Å². The van der Waals surface area contributed by atoms with Crippen molar-refractivity contribution >= 4 is 48.5 Å². The molecular weight excluding hydrogens is 369 g/mol. The Bertz CT molecular complexity index is 444. The highest BCUT2D eigenvalue weighted by Crippen LogP contribution is 2.28. The lowest BCUT2D eigenvalue weighted by atomic mass is 10.2. The van der Waals surface area contributed by atoms with Crippen LogP contribution in [0.3, 0.4) is 0 Å². The van der Waals surface area contributed by atoms with Gasteiger partial charge in [-0.1, -0.05) is 6.07 Å². The Kier molecular flexibility index (Phi) is 3.37. The molecule has 0 atom stereocenters. The van der Waals surface area contributed by atoms with Gasteiger partial charge in [0.15, 0.2) is 0 Å². The van der Waals surface area contributed by atoms with Gasteiger partial charge in [0.2, 0.25) is 10.0 Å². The third kappa shape index (κ3) is 2.42. The first-order valence-electron chi connectivity index (χ1n) is 3.31. The summed E-state index contributed by atoms with van der Waals surface area (Å²) in [5, 5.41) is 5.06. The van der Waals surface area contributed by atoms with Crippen molar-refractivity contribution in [3.63, 3.8) is 0 Å². The van der Waals surface area contributed by atoms with E-state index in [-0.39, 0.29) is 4.90 Å². The van der Waals surface area contributed by atoms with Crippen molar-refractivity contribution in [3.05, 3.63) is 25.7 Å². The lowest BCUT2D eigenvalue weighted by molar-refractivity contribution is 0.596. The Labute approximate surface area is 99.0 Å². The molecule has 0 radical (unpaired) electrons. The molecule has 1 aromatic carbocycles. The van der Waals surface area contributed by atoms with Gasteiger partial charge < -0.3 is 0 Å². The zero-order valence-corrected chi connectivity index (χ0v) is 11.3. The fraction of sp³-hybridized carbons (Fsp3) is 0.143. The standard InChI is InChI=1S/C7H7BrINO2S/c1-4-2-3-5(9)7(6(4)8)13(10,11)12/h2-3H,1H3,(H2,10,11,12). The number of sulfonamides is 1. The second kappa shape index (κ2) is 3.84. The van der Waals surface area contributed by atoms with Crippen molar-refractivity contribution in [1.29, 1.82) is 0 Å². The van der Waals surface area contributed by atoms with Crippen LogP contribution in [0.2, 0.25) is 0 Å². The van der Waals surface area contributed by atoms with Gasteiger partial charge in [-0.15, -0.1) is 0 Å². The van der Waals surface area contributed by atoms with Crippen LogP contribution in [-0.4, -0.2) is 8.42 Å². The molecule has 0 unspecified atom stereocenters. The monoisotopic (exact) mass is 375 g/mol. The van der Waals surface area contributed by atoms with Crippen molar-refractivity contribution in [2.45, 2.75) is 11.8 Å². The largest absolute Gasteiger partial charge is 0.240 e. The molecule has 0 saturated carbocycles. The third-order valence-electron chi connectivity index (χ3n) is 1.53. The molecule has 0 bridgehead atoms. The Balaban J connectivity index is 3.62. The van der Waals surface area contributed by atoms with Gasteiger partial charge in [-0.3, -0.25) is 0 Å². The minimum Gasteiger partial charge on any atom is -0.225 e.